The number of carbonyl (C=O) groups is 1. The van der Waals surface area contributed by atoms with Crippen LogP contribution in [0.5, 0.6) is 5.75 Å². The number of sulfonamides is 1. The van der Waals surface area contributed by atoms with E-state index < -0.39 is 10.0 Å². The van der Waals surface area contributed by atoms with Gasteiger partial charge in [0.05, 0.1) is 24.6 Å². The van der Waals surface area contributed by atoms with Crippen molar-refractivity contribution in [3.63, 3.8) is 0 Å². The Hall–Kier alpha value is -2.38. The highest BCUT2D eigenvalue weighted by Gasteiger charge is 2.23. The Labute approximate surface area is 154 Å². The minimum Gasteiger partial charge on any atom is -0.497 e. The number of hydrogen-bond acceptors (Lipinski definition) is 4. The molecule has 26 heavy (non-hydrogen) atoms. The van der Waals surface area contributed by atoms with Crippen molar-refractivity contribution in [3.8, 4) is 5.75 Å². The van der Waals surface area contributed by atoms with Crippen LogP contribution in [-0.2, 0) is 14.8 Å². The van der Waals surface area contributed by atoms with E-state index in [4.69, 9.17) is 4.74 Å². The van der Waals surface area contributed by atoms with Crippen molar-refractivity contribution < 1.29 is 17.9 Å². The summed E-state index contributed by atoms with van der Waals surface area (Å²) >= 11 is 0. The van der Waals surface area contributed by atoms with Gasteiger partial charge in [-0.1, -0.05) is 37.3 Å². The van der Waals surface area contributed by atoms with Crippen LogP contribution in [0.2, 0.25) is 0 Å². The van der Waals surface area contributed by atoms with Crippen molar-refractivity contribution in [1.29, 1.82) is 0 Å². The lowest BCUT2D eigenvalue weighted by atomic mass is 10.0. The standard InChI is InChI=1S/C19H24N2O4S/c1-4-18(15-10-12-16(25-3)13-11-15)20-19(22)14-21(2)26(23,24)17-8-6-5-7-9-17/h5-13,18H,4,14H2,1-3H3,(H,20,22). The van der Waals surface area contributed by atoms with E-state index in [9.17, 15) is 13.2 Å². The monoisotopic (exact) mass is 376 g/mol. The van der Waals surface area contributed by atoms with Gasteiger partial charge in [-0.25, -0.2) is 8.42 Å². The van der Waals surface area contributed by atoms with Crippen molar-refractivity contribution in [3.05, 3.63) is 60.2 Å². The number of rotatable bonds is 8. The third-order valence-corrected chi connectivity index (χ3v) is 5.90. The molecule has 0 bridgehead atoms. The number of amides is 1. The maximum atomic E-state index is 12.5. The number of ether oxygens (including phenoxy) is 1. The number of benzene rings is 2. The van der Waals surface area contributed by atoms with Crippen molar-refractivity contribution >= 4 is 15.9 Å². The molecule has 0 spiro atoms. The highest BCUT2D eigenvalue weighted by Crippen LogP contribution is 2.20. The molecule has 0 aliphatic rings. The molecule has 7 heteroatoms. The van der Waals surface area contributed by atoms with Crippen LogP contribution in [0.15, 0.2) is 59.5 Å². The lowest BCUT2D eigenvalue weighted by molar-refractivity contribution is -0.121. The first-order chi connectivity index (χ1) is 12.4. The molecule has 140 valence electrons. The van der Waals surface area contributed by atoms with E-state index in [-0.39, 0.29) is 23.4 Å². The molecule has 0 saturated heterocycles. The van der Waals surface area contributed by atoms with Gasteiger partial charge in [-0.3, -0.25) is 4.79 Å². The largest absolute Gasteiger partial charge is 0.497 e. The van der Waals surface area contributed by atoms with E-state index in [1.165, 1.54) is 19.2 Å². The predicted molar refractivity (Wildman–Crippen MR) is 100 cm³/mol. The van der Waals surface area contributed by atoms with Crippen LogP contribution in [0, 0.1) is 0 Å². The molecule has 1 N–H and O–H groups in total. The maximum Gasteiger partial charge on any atom is 0.243 e. The van der Waals surface area contributed by atoms with E-state index in [2.05, 4.69) is 5.32 Å². The molecule has 0 aliphatic carbocycles. The van der Waals surface area contributed by atoms with Gasteiger partial charge in [0.25, 0.3) is 0 Å². The zero-order valence-corrected chi connectivity index (χ0v) is 16.0. The maximum absolute atomic E-state index is 12.5. The van der Waals surface area contributed by atoms with Crippen molar-refractivity contribution in [2.75, 3.05) is 20.7 Å². The first-order valence-corrected chi connectivity index (χ1v) is 9.77. The Morgan fingerprint density at radius 2 is 1.73 bits per heavy atom. The van der Waals surface area contributed by atoms with Crippen LogP contribution >= 0.6 is 0 Å². The summed E-state index contributed by atoms with van der Waals surface area (Å²) in [6.45, 7) is 1.71. The van der Waals surface area contributed by atoms with E-state index in [0.29, 0.717) is 6.42 Å². The molecule has 0 aliphatic heterocycles. The van der Waals surface area contributed by atoms with Gasteiger partial charge in [-0.2, -0.15) is 4.31 Å². The van der Waals surface area contributed by atoms with Crippen LogP contribution in [-0.4, -0.2) is 39.3 Å². The van der Waals surface area contributed by atoms with Gasteiger partial charge in [0.1, 0.15) is 5.75 Å². The summed E-state index contributed by atoms with van der Waals surface area (Å²) in [5.41, 5.74) is 0.940. The van der Waals surface area contributed by atoms with Gasteiger partial charge in [-0.15, -0.1) is 0 Å². The van der Waals surface area contributed by atoms with E-state index in [1.54, 1.807) is 25.3 Å². The van der Waals surface area contributed by atoms with Crippen LogP contribution in [0.3, 0.4) is 0 Å². The van der Waals surface area contributed by atoms with E-state index in [0.717, 1.165) is 15.6 Å². The van der Waals surface area contributed by atoms with Crippen LogP contribution in [0.25, 0.3) is 0 Å². The lowest BCUT2D eigenvalue weighted by Crippen LogP contribution is -2.39. The molecule has 0 heterocycles. The summed E-state index contributed by atoms with van der Waals surface area (Å²) in [5, 5.41) is 2.89. The minimum atomic E-state index is -3.69. The molecular formula is C19H24N2O4S. The molecule has 0 radical (unpaired) electrons. The Balaban J connectivity index is 2.03. The minimum absolute atomic E-state index is 0.164. The molecule has 1 unspecified atom stereocenters. The van der Waals surface area contributed by atoms with Crippen LogP contribution < -0.4 is 10.1 Å². The number of nitrogens with one attached hydrogen (secondary N) is 1. The van der Waals surface area contributed by atoms with Gasteiger partial charge in [0, 0.05) is 7.05 Å². The number of hydrogen-bond donors (Lipinski definition) is 1. The molecule has 2 rings (SSSR count). The third-order valence-electron chi connectivity index (χ3n) is 4.08. The Kier molecular flexibility index (Phi) is 6.76. The quantitative estimate of drug-likeness (QED) is 0.768. The fourth-order valence-corrected chi connectivity index (χ4v) is 3.71. The van der Waals surface area contributed by atoms with Crippen molar-refractivity contribution in [1.82, 2.24) is 9.62 Å². The second-order valence-corrected chi connectivity index (χ2v) is 7.92. The van der Waals surface area contributed by atoms with Gasteiger partial charge in [0.2, 0.25) is 15.9 Å². The van der Waals surface area contributed by atoms with Crippen molar-refractivity contribution in [2.24, 2.45) is 0 Å². The smallest absolute Gasteiger partial charge is 0.243 e. The molecule has 6 nitrogen and oxygen atoms in total. The van der Waals surface area contributed by atoms with Crippen molar-refractivity contribution in [2.45, 2.75) is 24.3 Å². The van der Waals surface area contributed by atoms with Gasteiger partial charge in [-0.05, 0) is 36.2 Å². The first kappa shape index (κ1) is 19.9. The highest BCUT2D eigenvalue weighted by atomic mass is 32.2. The highest BCUT2D eigenvalue weighted by molar-refractivity contribution is 7.89. The first-order valence-electron chi connectivity index (χ1n) is 8.33. The Morgan fingerprint density at radius 1 is 1.12 bits per heavy atom. The summed E-state index contributed by atoms with van der Waals surface area (Å²) < 4.78 is 31.2. The summed E-state index contributed by atoms with van der Waals surface area (Å²) in [4.78, 5) is 12.5. The van der Waals surface area contributed by atoms with E-state index in [1.807, 2.05) is 31.2 Å². The van der Waals surface area contributed by atoms with Gasteiger partial charge in [0.15, 0.2) is 0 Å². The molecule has 2 aromatic rings. The molecule has 1 amide bonds. The molecular weight excluding hydrogens is 352 g/mol. The number of likely N-dealkylation sites (N-methyl/N-ethyl adjacent to an activating group) is 1. The van der Waals surface area contributed by atoms with Gasteiger partial charge < -0.3 is 10.1 Å². The Morgan fingerprint density at radius 3 is 2.27 bits per heavy atom. The third kappa shape index (κ3) is 4.83. The fraction of sp³-hybridized carbons (Fsp3) is 0.316. The average Bonchev–Trinajstić information content (AvgIpc) is 2.66. The predicted octanol–water partition coefficient (Wildman–Crippen LogP) is 2.58. The second kappa shape index (κ2) is 8.82. The normalized spacial score (nSPS) is 12.6. The number of carbonyl (C=O) groups excluding carboxylic acids is 1. The zero-order chi connectivity index (χ0) is 19.2. The molecule has 0 aromatic heterocycles. The zero-order valence-electron chi connectivity index (χ0n) is 15.2. The van der Waals surface area contributed by atoms with Crippen LogP contribution in [0.4, 0.5) is 0 Å². The molecule has 0 fully saturated rings. The number of methoxy groups -OCH3 is 1. The topological polar surface area (TPSA) is 75.7 Å². The second-order valence-electron chi connectivity index (χ2n) is 5.88. The summed E-state index contributed by atoms with van der Waals surface area (Å²) in [5.74, 6) is 0.387. The van der Waals surface area contributed by atoms with Gasteiger partial charge >= 0.3 is 0 Å². The lowest BCUT2D eigenvalue weighted by Gasteiger charge is -2.21. The summed E-state index contributed by atoms with van der Waals surface area (Å²) in [7, 11) is -0.701. The van der Waals surface area contributed by atoms with Crippen LogP contribution in [0.1, 0.15) is 24.9 Å². The molecule has 0 saturated carbocycles. The molecule has 2 aromatic carbocycles. The summed E-state index contributed by atoms with van der Waals surface area (Å²) in [6, 6.07) is 15.3. The van der Waals surface area contributed by atoms with E-state index >= 15 is 0 Å². The number of nitrogens with zero attached hydrogens (tertiary/aromatic N) is 1. The fourth-order valence-electron chi connectivity index (χ4n) is 2.56. The summed E-state index contributed by atoms with van der Waals surface area (Å²) in [6.07, 6.45) is 0.688. The SMILES string of the molecule is CCC(NC(=O)CN(C)S(=O)(=O)c1ccccc1)c1ccc(OC)cc1. The molecule has 1 atom stereocenters. The Bertz CT molecular complexity index is 820. The average molecular weight is 376 g/mol.